The van der Waals surface area contributed by atoms with E-state index in [0.717, 1.165) is 25.3 Å². The third kappa shape index (κ3) is 4.04. The average molecular weight is 245 g/mol. The highest BCUT2D eigenvalue weighted by molar-refractivity contribution is 5.32. The molecule has 2 N–H and O–H groups in total. The maximum atomic E-state index is 12.7. The Labute approximate surface area is 99.8 Å². The van der Waals surface area contributed by atoms with Gasteiger partial charge in [0.2, 0.25) is 0 Å². The normalized spacial score (nSPS) is 13.7. The molecule has 17 heavy (non-hydrogen) atoms. The summed E-state index contributed by atoms with van der Waals surface area (Å²) in [6, 6.07) is 5.03. The predicted molar refractivity (Wildman–Crippen MR) is 62.5 cm³/mol. The highest BCUT2D eigenvalue weighted by Gasteiger charge is 2.34. The Hall–Kier alpha value is -1.03. The van der Waals surface area contributed by atoms with E-state index < -0.39 is 17.8 Å². The Bertz CT molecular complexity index is 347. The van der Waals surface area contributed by atoms with E-state index in [1.807, 2.05) is 0 Å². The van der Waals surface area contributed by atoms with Crippen LogP contribution in [0.2, 0.25) is 0 Å². The Morgan fingerprint density at radius 2 is 1.82 bits per heavy atom. The van der Waals surface area contributed by atoms with Gasteiger partial charge < -0.3 is 5.73 Å². The van der Waals surface area contributed by atoms with Gasteiger partial charge >= 0.3 is 6.18 Å². The lowest BCUT2D eigenvalue weighted by Gasteiger charge is -2.18. The van der Waals surface area contributed by atoms with Crippen molar-refractivity contribution < 1.29 is 13.2 Å². The highest BCUT2D eigenvalue weighted by Crippen LogP contribution is 2.34. The smallest absolute Gasteiger partial charge is 0.324 e. The number of unbranched alkanes of at least 4 members (excludes halogenated alkanes) is 2. The summed E-state index contributed by atoms with van der Waals surface area (Å²) in [6.45, 7) is 2.05. The van der Waals surface area contributed by atoms with Crippen molar-refractivity contribution in [1.29, 1.82) is 0 Å². The van der Waals surface area contributed by atoms with Gasteiger partial charge in [0.05, 0.1) is 5.56 Å². The Morgan fingerprint density at radius 3 is 2.41 bits per heavy atom. The van der Waals surface area contributed by atoms with E-state index in [0.29, 0.717) is 6.42 Å². The molecule has 0 heterocycles. The van der Waals surface area contributed by atoms with Crippen LogP contribution >= 0.6 is 0 Å². The van der Waals surface area contributed by atoms with Crippen LogP contribution in [0.15, 0.2) is 24.3 Å². The first-order chi connectivity index (χ1) is 7.96. The van der Waals surface area contributed by atoms with Crippen molar-refractivity contribution in [2.24, 2.45) is 5.73 Å². The third-order valence-corrected chi connectivity index (χ3v) is 2.78. The first kappa shape index (κ1) is 14.0. The summed E-state index contributed by atoms with van der Waals surface area (Å²) >= 11 is 0. The molecule has 4 heteroatoms. The monoisotopic (exact) mass is 245 g/mol. The van der Waals surface area contributed by atoms with Gasteiger partial charge in [-0.1, -0.05) is 44.4 Å². The molecule has 0 saturated carbocycles. The van der Waals surface area contributed by atoms with Crippen LogP contribution in [0.25, 0.3) is 0 Å². The van der Waals surface area contributed by atoms with Crippen LogP contribution < -0.4 is 5.73 Å². The topological polar surface area (TPSA) is 26.0 Å². The molecule has 0 aliphatic heterocycles. The van der Waals surface area contributed by atoms with Crippen molar-refractivity contribution >= 4 is 0 Å². The van der Waals surface area contributed by atoms with Crippen molar-refractivity contribution in [2.75, 3.05) is 0 Å². The second-order valence-corrected chi connectivity index (χ2v) is 4.19. The van der Waals surface area contributed by atoms with Gasteiger partial charge in [0.25, 0.3) is 0 Å². The summed E-state index contributed by atoms with van der Waals surface area (Å²) in [5.74, 6) is 0. The van der Waals surface area contributed by atoms with E-state index in [2.05, 4.69) is 6.92 Å². The van der Waals surface area contributed by atoms with Crippen molar-refractivity contribution in [3.63, 3.8) is 0 Å². The Balaban J connectivity index is 2.82. The molecule has 1 aromatic carbocycles. The van der Waals surface area contributed by atoms with Crippen LogP contribution in [0.3, 0.4) is 0 Å². The second kappa shape index (κ2) is 6.05. The fourth-order valence-corrected chi connectivity index (χ4v) is 1.85. The largest absolute Gasteiger partial charge is 0.416 e. The van der Waals surface area contributed by atoms with Gasteiger partial charge in [-0.05, 0) is 18.1 Å². The van der Waals surface area contributed by atoms with Crippen LogP contribution in [-0.2, 0) is 6.18 Å². The fourth-order valence-electron chi connectivity index (χ4n) is 1.85. The van der Waals surface area contributed by atoms with Gasteiger partial charge in [-0.2, -0.15) is 13.2 Å². The van der Waals surface area contributed by atoms with E-state index in [4.69, 9.17) is 5.73 Å². The van der Waals surface area contributed by atoms with Crippen LogP contribution in [-0.4, -0.2) is 0 Å². The minimum Gasteiger partial charge on any atom is -0.324 e. The minimum atomic E-state index is -4.32. The molecule has 0 aliphatic carbocycles. The molecule has 1 nitrogen and oxygen atoms in total. The second-order valence-electron chi connectivity index (χ2n) is 4.19. The fraction of sp³-hybridized carbons (Fsp3) is 0.538. The van der Waals surface area contributed by atoms with Gasteiger partial charge in [-0.15, -0.1) is 0 Å². The number of hydrogen-bond donors (Lipinski definition) is 1. The van der Waals surface area contributed by atoms with Crippen molar-refractivity contribution in [3.05, 3.63) is 35.4 Å². The highest BCUT2D eigenvalue weighted by atomic mass is 19.4. The van der Waals surface area contributed by atoms with E-state index in [1.165, 1.54) is 12.1 Å². The SMILES string of the molecule is CCCCC[C@H](N)c1ccccc1C(F)(F)F. The summed E-state index contributed by atoms with van der Waals surface area (Å²) in [4.78, 5) is 0. The molecule has 96 valence electrons. The first-order valence-corrected chi connectivity index (χ1v) is 5.88. The van der Waals surface area contributed by atoms with Gasteiger partial charge in [-0.25, -0.2) is 0 Å². The summed E-state index contributed by atoms with van der Waals surface area (Å²) < 4.78 is 38.2. The van der Waals surface area contributed by atoms with Crippen molar-refractivity contribution in [2.45, 2.75) is 44.8 Å². The molecular formula is C13H18F3N. The van der Waals surface area contributed by atoms with Crippen LogP contribution in [0.4, 0.5) is 13.2 Å². The summed E-state index contributed by atoms with van der Waals surface area (Å²) in [5, 5.41) is 0. The zero-order valence-electron chi connectivity index (χ0n) is 9.93. The van der Waals surface area contributed by atoms with E-state index in [-0.39, 0.29) is 5.56 Å². The van der Waals surface area contributed by atoms with E-state index in [9.17, 15) is 13.2 Å². The number of benzene rings is 1. The molecule has 0 aliphatic rings. The molecular weight excluding hydrogens is 227 g/mol. The molecule has 1 rings (SSSR count). The summed E-state index contributed by atoms with van der Waals surface area (Å²) in [7, 11) is 0. The maximum Gasteiger partial charge on any atom is 0.416 e. The summed E-state index contributed by atoms with van der Waals surface area (Å²) in [5.41, 5.74) is 5.43. The maximum absolute atomic E-state index is 12.7. The average Bonchev–Trinajstić information content (AvgIpc) is 2.28. The zero-order valence-corrected chi connectivity index (χ0v) is 9.93. The number of nitrogens with two attached hydrogens (primary N) is 1. The molecule has 0 spiro atoms. The lowest BCUT2D eigenvalue weighted by Crippen LogP contribution is -2.17. The van der Waals surface area contributed by atoms with Crippen molar-refractivity contribution in [1.82, 2.24) is 0 Å². The molecule has 1 atom stereocenters. The summed E-state index contributed by atoms with van der Waals surface area (Å²) in [6.07, 6.45) is -0.820. The number of rotatable bonds is 5. The van der Waals surface area contributed by atoms with Crippen LogP contribution in [0, 0.1) is 0 Å². The number of halogens is 3. The molecule has 0 radical (unpaired) electrons. The zero-order chi connectivity index (χ0) is 12.9. The van der Waals surface area contributed by atoms with Gasteiger partial charge in [-0.3, -0.25) is 0 Å². The van der Waals surface area contributed by atoms with Gasteiger partial charge in [0, 0.05) is 6.04 Å². The Kier molecular flexibility index (Phi) is 5.00. The number of hydrogen-bond acceptors (Lipinski definition) is 1. The van der Waals surface area contributed by atoms with Crippen LogP contribution in [0.5, 0.6) is 0 Å². The standard InChI is InChI=1S/C13H18F3N/c1-2-3-4-9-12(17)10-7-5-6-8-11(10)13(14,15)16/h5-8,12H,2-4,9,17H2,1H3/t12-/m0/s1. The van der Waals surface area contributed by atoms with Crippen LogP contribution in [0.1, 0.15) is 49.8 Å². The van der Waals surface area contributed by atoms with Gasteiger partial charge in [0.1, 0.15) is 0 Å². The molecule has 0 amide bonds. The number of alkyl halides is 3. The first-order valence-electron chi connectivity index (χ1n) is 5.88. The minimum absolute atomic E-state index is 0.205. The predicted octanol–water partition coefficient (Wildman–Crippen LogP) is 4.29. The lowest BCUT2D eigenvalue weighted by atomic mass is 9.96. The van der Waals surface area contributed by atoms with E-state index in [1.54, 1.807) is 6.07 Å². The molecule has 0 fully saturated rings. The molecule has 0 saturated heterocycles. The lowest BCUT2D eigenvalue weighted by molar-refractivity contribution is -0.138. The third-order valence-electron chi connectivity index (χ3n) is 2.78. The Morgan fingerprint density at radius 1 is 1.18 bits per heavy atom. The molecule has 0 unspecified atom stereocenters. The van der Waals surface area contributed by atoms with E-state index >= 15 is 0 Å². The van der Waals surface area contributed by atoms with Gasteiger partial charge in [0.15, 0.2) is 0 Å². The quantitative estimate of drug-likeness (QED) is 0.769. The molecule has 0 aromatic heterocycles. The molecule has 1 aromatic rings. The molecule has 0 bridgehead atoms. The van der Waals surface area contributed by atoms with Crippen molar-refractivity contribution in [3.8, 4) is 0 Å².